The van der Waals surface area contributed by atoms with Crippen molar-refractivity contribution >= 4 is 35.0 Å². The minimum absolute atomic E-state index is 0.684. The summed E-state index contributed by atoms with van der Waals surface area (Å²) in [5, 5.41) is 3.95. The number of anilines is 4. The molecule has 0 aliphatic carbocycles. The van der Waals surface area contributed by atoms with Gasteiger partial charge < -0.3 is 15.1 Å². The summed E-state index contributed by atoms with van der Waals surface area (Å²) in [4.78, 5) is 22.0. The number of hydrogen-bond donors (Lipinski definition) is 1. The number of nitrogens with one attached hydrogen (secondary N) is 1. The van der Waals surface area contributed by atoms with Crippen LogP contribution in [-0.2, 0) is 0 Å². The van der Waals surface area contributed by atoms with Crippen LogP contribution < -0.4 is 15.1 Å². The molecule has 1 saturated heterocycles. The smallest absolute Gasteiger partial charge is 0.227 e. The molecule has 0 radical (unpaired) electrons. The zero-order chi connectivity index (χ0) is 17.8. The van der Waals surface area contributed by atoms with E-state index < -0.39 is 0 Å². The van der Waals surface area contributed by atoms with Crippen molar-refractivity contribution in [1.29, 1.82) is 0 Å². The summed E-state index contributed by atoms with van der Waals surface area (Å²) in [6, 6.07) is 11.2. The Bertz CT molecular complexity index is 866. The highest BCUT2D eigenvalue weighted by molar-refractivity contribution is 6.30. The molecule has 0 amide bonds. The van der Waals surface area contributed by atoms with E-state index in [0.717, 1.165) is 43.6 Å². The molecule has 26 heavy (non-hydrogen) atoms. The van der Waals surface area contributed by atoms with Gasteiger partial charge in [0, 0.05) is 55.5 Å². The van der Waals surface area contributed by atoms with Crippen molar-refractivity contribution in [2.75, 3.05) is 41.3 Å². The minimum Gasteiger partial charge on any atom is -0.340 e. The van der Waals surface area contributed by atoms with E-state index in [9.17, 15) is 0 Å². The Hall–Kier alpha value is -2.93. The predicted molar refractivity (Wildman–Crippen MR) is 103 cm³/mol. The van der Waals surface area contributed by atoms with Crippen LogP contribution in [0.3, 0.4) is 0 Å². The zero-order valence-electron chi connectivity index (χ0n) is 14.1. The summed E-state index contributed by atoms with van der Waals surface area (Å²) in [6.07, 6.45) is 5.30. The Kier molecular flexibility index (Phi) is 4.79. The highest BCUT2D eigenvalue weighted by Crippen LogP contribution is 2.21. The third kappa shape index (κ3) is 3.83. The van der Waals surface area contributed by atoms with Crippen molar-refractivity contribution in [3.8, 4) is 0 Å². The van der Waals surface area contributed by atoms with E-state index in [2.05, 4.69) is 35.1 Å². The second-order valence-corrected chi connectivity index (χ2v) is 6.34. The van der Waals surface area contributed by atoms with Gasteiger partial charge in [0.05, 0.1) is 0 Å². The molecule has 1 aliphatic heterocycles. The van der Waals surface area contributed by atoms with Crippen LogP contribution in [0.2, 0.25) is 5.02 Å². The highest BCUT2D eigenvalue weighted by Gasteiger charge is 2.20. The Morgan fingerprint density at radius 3 is 2.23 bits per heavy atom. The Morgan fingerprint density at radius 1 is 0.808 bits per heavy atom. The molecule has 132 valence electrons. The fraction of sp³-hybridized carbons (Fsp3) is 0.222. The maximum absolute atomic E-state index is 6.03. The molecule has 4 rings (SSSR count). The van der Waals surface area contributed by atoms with Gasteiger partial charge in [-0.1, -0.05) is 17.7 Å². The number of nitrogens with zero attached hydrogens (tertiary/aromatic N) is 6. The van der Waals surface area contributed by atoms with Gasteiger partial charge in [-0.05, 0) is 30.3 Å². The number of benzene rings is 1. The maximum Gasteiger partial charge on any atom is 0.227 e. The standard InChI is InChI=1S/C18H18ClN7/c19-14-3-1-4-15(13-14)23-16-5-8-22-18(24-16)26-11-9-25(10-12-26)17-20-6-2-7-21-17/h1-8,13H,9-12H2,(H,22,23,24). The molecule has 0 saturated carbocycles. The average Bonchev–Trinajstić information content (AvgIpc) is 2.69. The van der Waals surface area contributed by atoms with Crippen LogP contribution in [0, 0.1) is 0 Å². The number of piperazine rings is 1. The van der Waals surface area contributed by atoms with Crippen LogP contribution in [0.4, 0.5) is 23.4 Å². The van der Waals surface area contributed by atoms with E-state index in [0.29, 0.717) is 11.0 Å². The van der Waals surface area contributed by atoms with Crippen LogP contribution in [0.25, 0.3) is 0 Å². The molecule has 1 N–H and O–H groups in total. The first kappa shape index (κ1) is 16.5. The number of hydrogen-bond acceptors (Lipinski definition) is 7. The molecule has 0 spiro atoms. The SMILES string of the molecule is Clc1cccc(Nc2ccnc(N3CCN(c4ncccn4)CC3)n2)c1. The van der Waals surface area contributed by atoms with Gasteiger partial charge in [0.15, 0.2) is 0 Å². The van der Waals surface area contributed by atoms with Gasteiger partial charge in [0.1, 0.15) is 5.82 Å². The van der Waals surface area contributed by atoms with Crippen molar-refractivity contribution in [2.24, 2.45) is 0 Å². The Labute approximate surface area is 156 Å². The summed E-state index contributed by atoms with van der Waals surface area (Å²) in [6.45, 7) is 3.30. The molecule has 1 aliphatic rings. The topological polar surface area (TPSA) is 70.1 Å². The molecule has 2 aromatic heterocycles. The molecule has 3 aromatic rings. The van der Waals surface area contributed by atoms with Gasteiger partial charge in [-0.2, -0.15) is 4.98 Å². The molecule has 0 unspecified atom stereocenters. The lowest BCUT2D eigenvalue weighted by Crippen LogP contribution is -2.47. The summed E-state index contributed by atoms with van der Waals surface area (Å²) >= 11 is 6.03. The van der Waals surface area contributed by atoms with Gasteiger partial charge in [-0.3, -0.25) is 0 Å². The zero-order valence-corrected chi connectivity index (χ0v) is 14.8. The first-order valence-corrected chi connectivity index (χ1v) is 8.78. The van der Waals surface area contributed by atoms with Gasteiger partial charge >= 0.3 is 0 Å². The number of aromatic nitrogens is 4. The van der Waals surface area contributed by atoms with Crippen LogP contribution in [0.1, 0.15) is 0 Å². The molecule has 8 heteroatoms. The van der Waals surface area contributed by atoms with Gasteiger partial charge in [-0.15, -0.1) is 0 Å². The van der Waals surface area contributed by atoms with E-state index >= 15 is 0 Å². The van der Waals surface area contributed by atoms with E-state index in [-0.39, 0.29) is 0 Å². The molecule has 1 fully saturated rings. The third-order valence-electron chi connectivity index (χ3n) is 4.14. The van der Waals surface area contributed by atoms with Gasteiger partial charge in [0.25, 0.3) is 0 Å². The van der Waals surface area contributed by atoms with Crippen molar-refractivity contribution in [2.45, 2.75) is 0 Å². The second-order valence-electron chi connectivity index (χ2n) is 5.90. The first-order valence-electron chi connectivity index (χ1n) is 8.40. The molecule has 0 atom stereocenters. The molecule has 0 bridgehead atoms. The van der Waals surface area contributed by atoms with Crippen LogP contribution in [0.5, 0.6) is 0 Å². The molecule has 3 heterocycles. The van der Waals surface area contributed by atoms with E-state index in [4.69, 9.17) is 11.6 Å². The van der Waals surface area contributed by atoms with Gasteiger partial charge in [0.2, 0.25) is 11.9 Å². The second kappa shape index (κ2) is 7.53. The average molecular weight is 368 g/mol. The van der Waals surface area contributed by atoms with Crippen LogP contribution >= 0.6 is 11.6 Å². The van der Waals surface area contributed by atoms with E-state index in [1.165, 1.54) is 0 Å². The molecular formula is C18H18ClN7. The monoisotopic (exact) mass is 367 g/mol. The van der Waals surface area contributed by atoms with Gasteiger partial charge in [-0.25, -0.2) is 15.0 Å². The van der Waals surface area contributed by atoms with Crippen molar-refractivity contribution in [3.63, 3.8) is 0 Å². The first-order chi connectivity index (χ1) is 12.8. The molecule has 1 aromatic carbocycles. The summed E-state index contributed by atoms with van der Waals surface area (Å²) < 4.78 is 0. The summed E-state index contributed by atoms with van der Waals surface area (Å²) in [5.74, 6) is 2.22. The Balaban J connectivity index is 1.43. The fourth-order valence-electron chi connectivity index (χ4n) is 2.85. The molecule has 7 nitrogen and oxygen atoms in total. The lowest BCUT2D eigenvalue weighted by atomic mass is 10.3. The highest BCUT2D eigenvalue weighted by atomic mass is 35.5. The van der Waals surface area contributed by atoms with Crippen molar-refractivity contribution in [3.05, 3.63) is 60.0 Å². The largest absolute Gasteiger partial charge is 0.340 e. The molecular weight excluding hydrogens is 350 g/mol. The van der Waals surface area contributed by atoms with Crippen molar-refractivity contribution in [1.82, 2.24) is 19.9 Å². The van der Waals surface area contributed by atoms with E-state index in [1.807, 2.05) is 36.4 Å². The fourth-order valence-corrected chi connectivity index (χ4v) is 3.04. The maximum atomic E-state index is 6.03. The number of rotatable bonds is 4. The normalized spacial score (nSPS) is 14.3. The quantitative estimate of drug-likeness (QED) is 0.760. The summed E-state index contributed by atoms with van der Waals surface area (Å²) in [5.41, 5.74) is 0.896. The van der Waals surface area contributed by atoms with E-state index in [1.54, 1.807) is 18.6 Å². The van der Waals surface area contributed by atoms with Crippen LogP contribution in [-0.4, -0.2) is 46.1 Å². The van der Waals surface area contributed by atoms with Crippen LogP contribution in [0.15, 0.2) is 55.0 Å². The number of halogens is 1. The Morgan fingerprint density at radius 2 is 1.50 bits per heavy atom. The summed E-state index contributed by atoms with van der Waals surface area (Å²) in [7, 11) is 0. The lowest BCUT2D eigenvalue weighted by molar-refractivity contribution is 0.628. The van der Waals surface area contributed by atoms with Crippen molar-refractivity contribution < 1.29 is 0 Å². The lowest BCUT2D eigenvalue weighted by Gasteiger charge is -2.34. The predicted octanol–water partition coefficient (Wildman–Crippen LogP) is 2.99. The minimum atomic E-state index is 0.684. The third-order valence-corrected chi connectivity index (χ3v) is 4.37.